The Labute approximate surface area is 176 Å². The molecule has 0 aliphatic heterocycles. The van der Waals surface area contributed by atoms with E-state index in [4.69, 9.17) is 5.26 Å². The van der Waals surface area contributed by atoms with Crippen molar-refractivity contribution in [3.63, 3.8) is 0 Å². The van der Waals surface area contributed by atoms with E-state index in [0.29, 0.717) is 22.8 Å². The highest BCUT2D eigenvalue weighted by Crippen LogP contribution is 2.33. The van der Waals surface area contributed by atoms with Crippen LogP contribution in [0.4, 0.5) is 5.69 Å². The van der Waals surface area contributed by atoms with Gasteiger partial charge in [-0.05, 0) is 55.9 Å². The Morgan fingerprint density at radius 3 is 3.03 bits per heavy atom. The fraction of sp³-hybridized carbons (Fsp3) is 0.333. The van der Waals surface area contributed by atoms with Gasteiger partial charge < -0.3 is 10.3 Å². The van der Waals surface area contributed by atoms with Crippen molar-refractivity contribution in [1.29, 1.82) is 5.26 Å². The molecule has 0 bridgehead atoms. The number of hydrogen-bond donors (Lipinski definition) is 2. The molecule has 1 aliphatic rings. The molecule has 2 N–H and O–H groups in total. The smallest absolute Gasteiger partial charge is 0.259 e. The Balaban J connectivity index is 1.41. The van der Waals surface area contributed by atoms with Crippen molar-refractivity contribution in [2.24, 2.45) is 0 Å². The lowest BCUT2D eigenvalue weighted by molar-refractivity contribution is -0.113. The minimum atomic E-state index is -0.150. The van der Waals surface area contributed by atoms with E-state index < -0.39 is 0 Å². The third kappa shape index (κ3) is 4.21. The zero-order chi connectivity index (χ0) is 20.4. The molecule has 2 aromatic heterocycles. The zero-order valence-corrected chi connectivity index (χ0v) is 17.6. The molecule has 0 atom stereocenters. The predicted molar refractivity (Wildman–Crippen MR) is 118 cm³/mol. The molecule has 0 saturated carbocycles. The molecule has 8 heteroatoms. The minimum absolute atomic E-state index is 0.0709. The number of aromatic amines is 1. The number of hydrogen-bond acceptors (Lipinski definition) is 6. The number of nitrogens with one attached hydrogen (secondary N) is 2. The standard InChI is InChI=1S/C21H20N4O2S2/c1-12-6-7-13(9-22)8-15(12)23-18(26)11-28-10-17-24-20(27)19-14-4-2-3-5-16(14)29-21(19)25-17/h6-8H,2-5,10-11H2,1H3,(H,23,26)(H,24,25,27). The van der Waals surface area contributed by atoms with Gasteiger partial charge in [0.15, 0.2) is 0 Å². The van der Waals surface area contributed by atoms with E-state index in [0.717, 1.165) is 35.0 Å². The van der Waals surface area contributed by atoms with Crippen molar-refractivity contribution < 1.29 is 4.79 Å². The third-order valence-corrected chi connectivity index (χ3v) is 7.12. The van der Waals surface area contributed by atoms with E-state index in [1.54, 1.807) is 23.5 Å². The third-order valence-electron chi connectivity index (χ3n) is 4.99. The fourth-order valence-corrected chi connectivity index (χ4v) is 5.50. The summed E-state index contributed by atoms with van der Waals surface area (Å²) in [5.41, 5.74) is 3.16. The molecule has 29 heavy (non-hydrogen) atoms. The second-order valence-corrected chi connectivity index (χ2v) is 9.16. The van der Waals surface area contributed by atoms with Gasteiger partial charge in [0.05, 0.1) is 28.5 Å². The van der Waals surface area contributed by atoms with Gasteiger partial charge in [0.1, 0.15) is 10.7 Å². The average molecular weight is 425 g/mol. The molecule has 148 valence electrons. The van der Waals surface area contributed by atoms with E-state index in [2.05, 4.69) is 21.4 Å². The lowest BCUT2D eigenvalue weighted by atomic mass is 9.97. The van der Waals surface area contributed by atoms with Crippen molar-refractivity contribution in [1.82, 2.24) is 9.97 Å². The van der Waals surface area contributed by atoms with E-state index in [-0.39, 0.29) is 17.2 Å². The maximum atomic E-state index is 12.6. The summed E-state index contributed by atoms with van der Waals surface area (Å²) in [5.74, 6) is 1.14. The molecule has 1 aliphatic carbocycles. The van der Waals surface area contributed by atoms with Gasteiger partial charge in [-0.1, -0.05) is 6.07 Å². The van der Waals surface area contributed by atoms with Gasteiger partial charge in [-0.3, -0.25) is 9.59 Å². The highest BCUT2D eigenvalue weighted by Gasteiger charge is 2.19. The minimum Gasteiger partial charge on any atom is -0.325 e. The average Bonchev–Trinajstić information content (AvgIpc) is 3.08. The van der Waals surface area contributed by atoms with Crippen molar-refractivity contribution in [3.8, 4) is 6.07 Å². The second-order valence-electron chi connectivity index (χ2n) is 7.09. The SMILES string of the molecule is Cc1ccc(C#N)cc1NC(=O)CSCc1nc2sc3c(c2c(=O)[nH]1)CCCC3. The molecular weight excluding hydrogens is 404 g/mol. The fourth-order valence-electron chi connectivity index (χ4n) is 3.53. The zero-order valence-electron chi connectivity index (χ0n) is 16.0. The molecule has 1 aromatic carbocycles. The van der Waals surface area contributed by atoms with Crippen molar-refractivity contribution in [2.75, 3.05) is 11.1 Å². The van der Waals surface area contributed by atoms with Crippen LogP contribution >= 0.6 is 23.1 Å². The topological polar surface area (TPSA) is 98.6 Å². The summed E-state index contributed by atoms with van der Waals surface area (Å²) in [6, 6.07) is 7.28. The first-order valence-electron chi connectivity index (χ1n) is 9.47. The molecule has 3 aromatic rings. The first-order chi connectivity index (χ1) is 14.0. The van der Waals surface area contributed by atoms with Gasteiger partial charge in [0.2, 0.25) is 5.91 Å². The lowest BCUT2D eigenvalue weighted by Gasteiger charge is -2.09. The largest absolute Gasteiger partial charge is 0.325 e. The Morgan fingerprint density at radius 1 is 1.38 bits per heavy atom. The highest BCUT2D eigenvalue weighted by atomic mass is 32.2. The Bertz CT molecular complexity index is 1190. The number of anilines is 1. The summed E-state index contributed by atoms with van der Waals surface area (Å²) >= 11 is 3.03. The first kappa shape index (κ1) is 19.7. The quantitative estimate of drug-likeness (QED) is 0.647. The molecular formula is C21H20N4O2S2. The van der Waals surface area contributed by atoms with Crippen LogP contribution in [0, 0.1) is 18.3 Å². The van der Waals surface area contributed by atoms with Crippen LogP contribution in [0.15, 0.2) is 23.0 Å². The molecule has 0 spiro atoms. The summed E-state index contributed by atoms with van der Waals surface area (Å²) < 4.78 is 0. The lowest BCUT2D eigenvalue weighted by Crippen LogP contribution is -2.16. The summed E-state index contributed by atoms with van der Waals surface area (Å²) in [4.78, 5) is 34.4. The van der Waals surface area contributed by atoms with Crippen LogP contribution in [0.2, 0.25) is 0 Å². The molecule has 0 radical (unpaired) electrons. The van der Waals surface area contributed by atoms with Gasteiger partial charge in [-0.15, -0.1) is 23.1 Å². The van der Waals surface area contributed by atoms with E-state index in [1.165, 1.54) is 28.6 Å². The molecule has 4 rings (SSSR count). The van der Waals surface area contributed by atoms with Crippen LogP contribution in [-0.2, 0) is 23.4 Å². The van der Waals surface area contributed by atoms with Crippen molar-refractivity contribution >= 4 is 44.9 Å². The van der Waals surface area contributed by atoms with Crippen molar-refractivity contribution in [2.45, 2.75) is 38.4 Å². The van der Waals surface area contributed by atoms with Crippen LogP contribution in [0.3, 0.4) is 0 Å². The molecule has 0 fully saturated rings. The highest BCUT2D eigenvalue weighted by molar-refractivity contribution is 7.99. The number of rotatable bonds is 5. The van der Waals surface area contributed by atoms with Crippen LogP contribution in [0.25, 0.3) is 10.2 Å². The molecule has 0 saturated heterocycles. The number of fused-ring (bicyclic) bond motifs is 3. The maximum Gasteiger partial charge on any atom is 0.259 e. The van der Waals surface area contributed by atoms with Crippen LogP contribution < -0.4 is 10.9 Å². The maximum absolute atomic E-state index is 12.6. The second kappa shape index (κ2) is 8.39. The molecule has 1 amide bonds. The molecule has 6 nitrogen and oxygen atoms in total. The number of aromatic nitrogens is 2. The number of H-pyrrole nitrogens is 1. The summed E-state index contributed by atoms with van der Waals surface area (Å²) in [5, 5.41) is 12.6. The Hall–Kier alpha value is -2.63. The van der Waals surface area contributed by atoms with Gasteiger partial charge >= 0.3 is 0 Å². The Morgan fingerprint density at radius 2 is 2.21 bits per heavy atom. The number of thiophene rings is 1. The van der Waals surface area contributed by atoms with Crippen LogP contribution in [0.5, 0.6) is 0 Å². The van der Waals surface area contributed by atoms with Crippen LogP contribution in [0.1, 0.15) is 40.2 Å². The van der Waals surface area contributed by atoms with Gasteiger partial charge in [0, 0.05) is 10.6 Å². The summed E-state index contributed by atoms with van der Waals surface area (Å²) in [6.45, 7) is 1.88. The molecule has 0 unspecified atom stereocenters. The monoisotopic (exact) mass is 424 g/mol. The number of aryl methyl sites for hydroxylation is 3. The first-order valence-corrected chi connectivity index (χ1v) is 11.4. The molecule has 2 heterocycles. The normalized spacial score (nSPS) is 13.1. The van der Waals surface area contributed by atoms with Crippen LogP contribution in [-0.4, -0.2) is 21.6 Å². The van der Waals surface area contributed by atoms with Gasteiger partial charge in [-0.25, -0.2) is 4.98 Å². The number of nitriles is 1. The summed E-state index contributed by atoms with van der Waals surface area (Å²) in [6.07, 6.45) is 4.29. The number of amides is 1. The van der Waals surface area contributed by atoms with Gasteiger partial charge in [-0.2, -0.15) is 5.26 Å². The van der Waals surface area contributed by atoms with Gasteiger partial charge in [0.25, 0.3) is 5.56 Å². The number of benzene rings is 1. The Kier molecular flexibility index (Phi) is 5.69. The van der Waals surface area contributed by atoms with E-state index in [9.17, 15) is 9.59 Å². The number of carbonyl (C=O) groups is 1. The van der Waals surface area contributed by atoms with E-state index in [1.807, 2.05) is 13.0 Å². The van der Waals surface area contributed by atoms with E-state index >= 15 is 0 Å². The number of nitrogens with zero attached hydrogens (tertiary/aromatic N) is 2. The summed E-state index contributed by atoms with van der Waals surface area (Å²) in [7, 11) is 0. The number of thioether (sulfide) groups is 1. The number of carbonyl (C=O) groups excluding carboxylic acids is 1. The predicted octanol–water partition coefficient (Wildman–Crippen LogP) is 3.92. The van der Waals surface area contributed by atoms with Crippen molar-refractivity contribution in [3.05, 3.63) is 55.9 Å².